The Balaban J connectivity index is 2.66. The van der Waals surface area contributed by atoms with Gasteiger partial charge in [-0.1, -0.05) is 17.0 Å². The first-order chi connectivity index (χ1) is 7.77. The maximum absolute atomic E-state index is 11.3. The lowest BCUT2D eigenvalue weighted by Crippen LogP contribution is -2.01. The molecule has 0 N–H and O–H groups in total. The second-order valence-electron chi connectivity index (χ2n) is 2.58. The van der Waals surface area contributed by atoms with Gasteiger partial charge in [-0.3, -0.25) is 0 Å². The van der Waals surface area contributed by atoms with Crippen LogP contribution in [0.3, 0.4) is 0 Å². The lowest BCUT2D eigenvalue weighted by molar-refractivity contribution is 0.0532. The van der Waals surface area contributed by atoms with Crippen LogP contribution in [0.4, 0.5) is 0 Å². The van der Waals surface area contributed by atoms with E-state index in [4.69, 9.17) is 10.3 Å². The van der Waals surface area contributed by atoms with E-state index in [0.717, 1.165) is 4.88 Å². The third-order valence-corrected chi connectivity index (χ3v) is 2.49. The van der Waals surface area contributed by atoms with Crippen molar-refractivity contribution in [2.45, 2.75) is 6.92 Å². The van der Waals surface area contributed by atoms with E-state index in [1.165, 1.54) is 11.3 Å². The van der Waals surface area contributed by atoms with Crippen LogP contribution >= 0.6 is 11.3 Å². The number of carbonyl (C=O) groups excluding carboxylic acids is 1. The highest BCUT2D eigenvalue weighted by Crippen LogP contribution is 2.16. The normalized spacial score (nSPS) is 8.56. The molecule has 0 aliphatic rings. The number of thiophene rings is 1. The van der Waals surface area contributed by atoms with Crippen molar-refractivity contribution in [2.75, 3.05) is 13.2 Å². The molecule has 0 atom stereocenters. The Labute approximate surface area is 96.7 Å². The molecule has 0 amide bonds. The minimum absolute atomic E-state index is 0.128. The summed E-state index contributed by atoms with van der Waals surface area (Å²) in [6.45, 7) is 2.24. The SMILES string of the molecule is CCOC(=O)c1ccc(C#CCN=[N+]=[N-])s1. The van der Waals surface area contributed by atoms with Crippen LogP contribution < -0.4 is 0 Å². The van der Waals surface area contributed by atoms with Crippen LogP contribution in [-0.2, 0) is 4.74 Å². The number of azide groups is 1. The van der Waals surface area contributed by atoms with Gasteiger partial charge in [0.25, 0.3) is 0 Å². The summed E-state index contributed by atoms with van der Waals surface area (Å²) in [5.74, 6) is 5.13. The maximum Gasteiger partial charge on any atom is 0.348 e. The Morgan fingerprint density at radius 2 is 2.50 bits per heavy atom. The predicted molar refractivity (Wildman–Crippen MR) is 61.2 cm³/mol. The van der Waals surface area contributed by atoms with E-state index in [-0.39, 0.29) is 12.5 Å². The molecule has 0 radical (unpaired) electrons. The molecule has 5 nitrogen and oxygen atoms in total. The Hall–Kier alpha value is -1.96. The molecule has 0 bridgehead atoms. The molecule has 82 valence electrons. The van der Waals surface area contributed by atoms with E-state index in [0.29, 0.717) is 11.5 Å². The molecule has 1 aromatic heterocycles. The molecule has 0 saturated carbocycles. The van der Waals surface area contributed by atoms with Gasteiger partial charge in [-0.2, -0.15) is 0 Å². The zero-order chi connectivity index (χ0) is 11.8. The quantitative estimate of drug-likeness (QED) is 0.265. The highest BCUT2D eigenvalue weighted by Gasteiger charge is 2.08. The number of hydrogen-bond donors (Lipinski definition) is 0. The summed E-state index contributed by atoms with van der Waals surface area (Å²) < 4.78 is 4.84. The first kappa shape index (κ1) is 12.1. The van der Waals surface area contributed by atoms with Crippen molar-refractivity contribution in [3.63, 3.8) is 0 Å². The molecular formula is C10H9N3O2S. The molecule has 0 spiro atoms. The molecule has 0 fully saturated rings. The number of esters is 1. The van der Waals surface area contributed by atoms with E-state index in [1.807, 2.05) is 0 Å². The topological polar surface area (TPSA) is 75.1 Å². The van der Waals surface area contributed by atoms with Gasteiger partial charge in [-0.15, -0.1) is 11.3 Å². The summed E-state index contributed by atoms with van der Waals surface area (Å²) in [6.07, 6.45) is 0. The van der Waals surface area contributed by atoms with Gasteiger partial charge in [0, 0.05) is 4.91 Å². The van der Waals surface area contributed by atoms with Crippen LogP contribution in [0, 0.1) is 11.8 Å². The summed E-state index contributed by atoms with van der Waals surface area (Å²) in [4.78, 5) is 15.2. The Morgan fingerprint density at radius 3 is 3.19 bits per heavy atom. The first-order valence-electron chi connectivity index (χ1n) is 4.54. The largest absolute Gasteiger partial charge is 0.462 e. The lowest BCUT2D eigenvalue weighted by Gasteiger charge is -1.95. The first-order valence-corrected chi connectivity index (χ1v) is 5.36. The molecule has 1 rings (SSSR count). The Morgan fingerprint density at radius 1 is 1.69 bits per heavy atom. The zero-order valence-corrected chi connectivity index (χ0v) is 9.45. The van der Waals surface area contributed by atoms with Crippen molar-refractivity contribution in [3.8, 4) is 11.8 Å². The molecule has 6 heteroatoms. The minimum atomic E-state index is -0.337. The van der Waals surface area contributed by atoms with Gasteiger partial charge in [0.05, 0.1) is 18.0 Å². The zero-order valence-electron chi connectivity index (χ0n) is 8.64. The summed E-state index contributed by atoms with van der Waals surface area (Å²) in [5, 5.41) is 3.28. The smallest absolute Gasteiger partial charge is 0.348 e. The fourth-order valence-electron chi connectivity index (χ4n) is 0.911. The number of ether oxygens (including phenoxy) is 1. The third-order valence-electron chi connectivity index (χ3n) is 1.51. The second-order valence-corrected chi connectivity index (χ2v) is 3.66. The standard InChI is InChI=1S/C10H9N3O2S/c1-2-15-10(14)9-6-5-8(16-9)4-3-7-12-13-11/h5-6H,2,7H2,1H3. The average molecular weight is 235 g/mol. The molecule has 0 saturated heterocycles. The van der Waals surface area contributed by atoms with E-state index < -0.39 is 0 Å². The van der Waals surface area contributed by atoms with Crippen LogP contribution in [-0.4, -0.2) is 19.1 Å². The third kappa shape index (κ3) is 3.65. The summed E-state index contributed by atoms with van der Waals surface area (Å²) in [6, 6.07) is 3.40. The molecule has 16 heavy (non-hydrogen) atoms. The van der Waals surface area contributed by atoms with Gasteiger partial charge < -0.3 is 4.74 Å². The molecule has 1 aromatic rings. The van der Waals surface area contributed by atoms with E-state index in [9.17, 15) is 4.79 Å². The van der Waals surface area contributed by atoms with E-state index >= 15 is 0 Å². The van der Waals surface area contributed by atoms with Crippen molar-refractivity contribution >= 4 is 17.3 Å². The van der Waals surface area contributed by atoms with Crippen molar-refractivity contribution < 1.29 is 9.53 Å². The lowest BCUT2D eigenvalue weighted by atomic mass is 10.4. The fraction of sp³-hybridized carbons (Fsp3) is 0.300. The van der Waals surface area contributed by atoms with Crippen LogP contribution in [0.2, 0.25) is 0 Å². The number of carbonyl (C=O) groups is 1. The monoisotopic (exact) mass is 235 g/mol. The molecule has 0 unspecified atom stereocenters. The van der Waals surface area contributed by atoms with Gasteiger partial charge in [0.15, 0.2) is 0 Å². The molecule has 0 aliphatic heterocycles. The number of rotatable bonds is 3. The van der Waals surface area contributed by atoms with E-state index in [2.05, 4.69) is 21.9 Å². The van der Waals surface area contributed by atoms with Crippen LogP contribution in [0.15, 0.2) is 17.2 Å². The van der Waals surface area contributed by atoms with Gasteiger partial charge in [0.1, 0.15) is 4.88 Å². The predicted octanol–water partition coefficient (Wildman–Crippen LogP) is 2.59. The van der Waals surface area contributed by atoms with E-state index in [1.54, 1.807) is 19.1 Å². The molecule has 0 aliphatic carbocycles. The highest BCUT2D eigenvalue weighted by atomic mass is 32.1. The number of nitrogens with zero attached hydrogens (tertiary/aromatic N) is 3. The fourth-order valence-corrected chi connectivity index (χ4v) is 1.69. The maximum atomic E-state index is 11.3. The summed E-state index contributed by atoms with van der Waals surface area (Å²) in [7, 11) is 0. The Bertz CT molecular complexity index is 478. The van der Waals surface area contributed by atoms with Crippen LogP contribution in [0.1, 0.15) is 21.5 Å². The minimum Gasteiger partial charge on any atom is -0.462 e. The molecule has 1 heterocycles. The van der Waals surface area contributed by atoms with Crippen molar-refractivity contribution in [1.82, 2.24) is 0 Å². The van der Waals surface area contributed by atoms with Crippen molar-refractivity contribution in [2.24, 2.45) is 5.11 Å². The van der Waals surface area contributed by atoms with Crippen LogP contribution in [0.5, 0.6) is 0 Å². The molecular weight excluding hydrogens is 226 g/mol. The average Bonchev–Trinajstić information content (AvgIpc) is 2.73. The Kier molecular flexibility index (Phi) is 4.93. The van der Waals surface area contributed by atoms with Gasteiger partial charge in [0.2, 0.25) is 0 Å². The van der Waals surface area contributed by atoms with Gasteiger partial charge in [-0.05, 0) is 24.6 Å². The highest BCUT2D eigenvalue weighted by molar-refractivity contribution is 7.14. The van der Waals surface area contributed by atoms with Crippen molar-refractivity contribution in [1.29, 1.82) is 0 Å². The molecule has 0 aromatic carbocycles. The van der Waals surface area contributed by atoms with Crippen LogP contribution in [0.25, 0.3) is 10.4 Å². The van der Waals surface area contributed by atoms with Gasteiger partial charge >= 0.3 is 5.97 Å². The van der Waals surface area contributed by atoms with Gasteiger partial charge in [-0.25, -0.2) is 4.79 Å². The second kappa shape index (κ2) is 6.51. The summed E-state index contributed by atoms with van der Waals surface area (Å²) in [5.41, 5.74) is 8.03. The summed E-state index contributed by atoms with van der Waals surface area (Å²) >= 11 is 1.26. The van der Waals surface area contributed by atoms with Crippen molar-refractivity contribution in [3.05, 3.63) is 32.3 Å². The number of hydrogen-bond acceptors (Lipinski definition) is 4.